The molecule has 3 N–H and O–H groups in total. The molecular weight excluding hydrogens is 273 g/mol. The van der Waals surface area contributed by atoms with Crippen LogP contribution in [0.5, 0.6) is 11.5 Å². The molecule has 1 unspecified atom stereocenters. The van der Waals surface area contributed by atoms with Gasteiger partial charge < -0.3 is 15.5 Å². The van der Waals surface area contributed by atoms with Gasteiger partial charge in [-0.1, -0.05) is 12.1 Å². The van der Waals surface area contributed by atoms with Crippen molar-refractivity contribution in [3.63, 3.8) is 0 Å². The van der Waals surface area contributed by atoms with Crippen molar-refractivity contribution in [3.8, 4) is 11.5 Å². The van der Waals surface area contributed by atoms with Crippen LogP contribution in [-0.4, -0.2) is 22.2 Å². The molecule has 0 aliphatic carbocycles. The van der Waals surface area contributed by atoms with Crippen LogP contribution in [0.2, 0.25) is 0 Å². The van der Waals surface area contributed by atoms with Crippen LogP contribution in [0.4, 0.5) is 4.39 Å². The van der Waals surface area contributed by atoms with Crippen molar-refractivity contribution < 1.29 is 19.4 Å². The Bertz CT molecular complexity index is 640. The molecule has 1 amide bonds. The number of hydrogen-bond acceptors (Lipinski definition) is 3. The quantitative estimate of drug-likeness (QED) is 0.758. The number of rotatable bonds is 4. The van der Waals surface area contributed by atoms with Gasteiger partial charge in [-0.05, 0) is 49.2 Å². The molecule has 5 heteroatoms. The minimum Gasteiger partial charge on any atom is -0.504 e. The SMILES string of the molecule is CC(Cc1ccc(F)cc1)NC(=O)c1ccc(O)c(O)c1. The van der Waals surface area contributed by atoms with Gasteiger partial charge in [0.15, 0.2) is 11.5 Å². The zero-order chi connectivity index (χ0) is 15.4. The first-order valence-electron chi connectivity index (χ1n) is 6.53. The molecule has 110 valence electrons. The van der Waals surface area contributed by atoms with Crippen LogP contribution in [0.25, 0.3) is 0 Å². The number of hydrogen-bond donors (Lipinski definition) is 3. The van der Waals surface area contributed by atoms with E-state index in [1.807, 2.05) is 6.92 Å². The first kappa shape index (κ1) is 14.8. The van der Waals surface area contributed by atoms with Crippen LogP contribution in [0, 0.1) is 5.82 Å². The first-order valence-corrected chi connectivity index (χ1v) is 6.53. The van der Waals surface area contributed by atoms with Crippen LogP contribution in [-0.2, 0) is 6.42 Å². The van der Waals surface area contributed by atoms with Crippen LogP contribution in [0.3, 0.4) is 0 Å². The van der Waals surface area contributed by atoms with E-state index in [2.05, 4.69) is 5.32 Å². The predicted octanol–water partition coefficient (Wildman–Crippen LogP) is 2.60. The van der Waals surface area contributed by atoms with E-state index >= 15 is 0 Å². The minimum atomic E-state index is -0.347. The number of carbonyl (C=O) groups is 1. The first-order chi connectivity index (χ1) is 9.95. The monoisotopic (exact) mass is 289 g/mol. The second-order valence-electron chi connectivity index (χ2n) is 4.91. The summed E-state index contributed by atoms with van der Waals surface area (Å²) in [7, 11) is 0. The molecule has 0 aliphatic heterocycles. The normalized spacial score (nSPS) is 11.9. The summed E-state index contributed by atoms with van der Waals surface area (Å²) in [6.45, 7) is 1.83. The standard InChI is InChI=1S/C16H16FNO3/c1-10(8-11-2-5-13(17)6-3-11)18-16(21)12-4-7-14(19)15(20)9-12/h2-7,9-10,19-20H,8H2,1H3,(H,18,21). The van der Waals surface area contributed by atoms with Crippen LogP contribution < -0.4 is 5.32 Å². The summed E-state index contributed by atoms with van der Waals surface area (Å²) in [5.74, 6) is -1.25. The van der Waals surface area contributed by atoms with Gasteiger partial charge in [0.25, 0.3) is 5.91 Å². The number of benzene rings is 2. The smallest absolute Gasteiger partial charge is 0.251 e. The highest BCUT2D eigenvalue weighted by molar-refractivity contribution is 5.95. The highest BCUT2D eigenvalue weighted by atomic mass is 19.1. The number of aromatic hydroxyl groups is 2. The van der Waals surface area contributed by atoms with Crippen molar-refractivity contribution in [2.24, 2.45) is 0 Å². The fourth-order valence-electron chi connectivity index (χ4n) is 2.00. The molecule has 1 atom stereocenters. The Morgan fingerprint density at radius 3 is 2.43 bits per heavy atom. The van der Waals surface area contributed by atoms with Crippen molar-refractivity contribution in [1.82, 2.24) is 5.32 Å². The van der Waals surface area contributed by atoms with Gasteiger partial charge in [-0.25, -0.2) is 4.39 Å². The average molecular weight is 289 g/mol. The molecule has 0 heterocycles. The molecule has 2 rings (SSSR count). The maximum Gasteiger partial charge on any atom is 0.251 e. The molecule has 0 spiro atoms. The molecule has 0 fully saturated rings. The number of phenols is 2. The van der Waals surface area contributed by atoms with Gasteiger partial charge in [-0.3, -0.25) is 4.79 Å². The summed E-state index contributed by atoms with van der Waals surface area (Å²) in [6.07, 6.45) is 0.566. The minimum absolute atomic E-state index is 0.154. The lowest BCUT2D eigenvalue weighted by Crippen LogP contribution is -2.34. The number of nitrogens with one attached hydrogen (secondary N) is 1. The molecule has 0 bridgehead atoms. The Morgan fingerprint density at radius 2 is 1.81 bits per heavy atom. The van der Waals surface area contributed by atoms with E-state index in [9.17, 15) is 19.4 Å². The number of phenolic OH excluding ortho intramolecular Hbond substituents is 2. The van der Waals surface area contributed by atoms with Crippen molar-refractivity contribution in [1.29, 1.82) is 0 Å². The molecule has 4 nitrogen and oxygen atoms in total. The predicted molar refractivity (Wildman–Crippen MR) is 76.8 cm³/mol. The molecule has 0 aromatic heterocycles. The fraction of sp³-hybridized carbons (Fsp3) is 0.188. The summed E-state index contributed by atoms with van der Waals surface area (Å²) < 4.78 is 12.8. The Hall–Kier alpha value is -2.56. The maximum absolute atomic E-state index is 12.8. The largest absolute Gasteiger partial charge is 0.504 e. The Kier molecular flexibility index (Phi) is 4.42. The fourth-order valence-corrected chi connectivity index (χ4v) is 2.00. The van der Waals surface area contributed by atoms with Gasteiger partial charge in [0, 0.05) is 11.6 Å². The van der Waals surface area contributed by atoms with Crippen molar-refractivity contribution in [2.45, 2.75) is 19.4 Å². The second-order valence-corrected chi connectivity index (χ2v) is 4.91. The summed E-state index contributed by atoms with van der Waals surface area (Å²) in [5, 5.41) is 21.4. The van der Waals surface area contributed by atoms with Crippen molar-refractivity contribution >= 4 is 5.91 Å². The third-order valence-corrected chi connectivity index (χ3v) is 3.07. The van der Waals surface area contributed by atoms with Crippen LogP contribution in [0.15, 0.2) is 42.5 Å². The number of carbonyl (C=O) groups excluding carboxylic acids is 1. The van der Waals surface area contributed by atoms with E-state index in [1.165, 1.54) is 30.3 Å². The van der Waals surface area contributed by atoms with E-state index in [0.29, 0.717) is 6.42 Å². The third kappa shape index (κ3) is 3.95. The molecule has 2 aromatic rings. The van der Waals surface area contributed by atoms with E-state index in [-0.39, 0.29) is 34.8 Å². The van der Waals surface area contributed by atoms with Crippen LogP contribution >= 0.6 is 0 Å². The molecule has 2 aromatic carbocycles. The van der Waals surface area contributed by atoms with Gasteiger partial charge in [0.05, 0.1) is 0 Å². The maximum atomic E-state index is 12.8. The van der Waals surface area contributed by atoms with Gasteiger partial charge in [-0.2, -0.15) is 0 Å². The summed E-state index contributed by atoms with van der Waals surface area (Å²) in [4.78, 5) is 12.0. The lowest BCUT2D eigenvalue weighted by Gasteiger charge is -2.14. The Balaban J connectivity index is 1.98. The van der Waals surface area contributed by atoms with Gasteiger partial charge in [0.1, 0.15) is 5.82 Å². The molecule has 0 saturated heterocycles. The van der Waals surface area contributed by atoms with E-state index < -0.39 is 0 Å². The van der Waals surface area contributed by atoms with Gasteiger partial charge in [-0.15, -0.1) is 0 Å². The van der Waals surface area contributed by atoms with Gasteiger partial charge >= 0.3 is 0 Å². The lowest BCUT2D eigenvalue weighted by molar-refractivity contribution is 0.0939. The molecule has 0 radical (unpaired) electrons. The number of halogens is 1. The van der Waals surface area contributed by atoms with Crippen molar-refractivity contribution in [2.75, 3.05) is 0 Å². The Morgan fingerprint density at radius 1 is 1.14 bits per heavy atom. The van der Waals surface area contributed by atoms with E-state index in [4.69, 9.17) is 0 Å². The zero-order valence-corrected chi connectivity index (χ0v) is 11.5. The molecular formula is C16H16FNO3. The summed E-state index contributed by atoms with van der Waals surface area (Å²) in [6, 6.07) is 9.83. The highest BCUT2D eigenvalue weighted by Crippen LogP contribution is 2.24. The summed E-state index contributed by atoms with van der Waals surface area (Å²) >= 11 is 0. The Labute approximate surface area is 121 Å². The zero-order valence-electron chi connectivity index (χ0n) is 11.5. The van der Waals surface area contributed by atoms with Crippen LogP contribution in [0.1, 0.15) is 22.8 Å². The number of amides is 1. The van der Waals surface area contributed by atoms with Gasteiger partial charge in [0.2, 0.25) is 0 Å². The lowest BCUT2D eigenvalue weighted by atomic mass is 10.1. The summed E-state index contributed by atoms with van der Waals surface area (Å²) in [5.41, 5.74) is 1.18. The average Bonchev–Trinajstić information content (AvgIpc) is 2.44. The van der Waals surface area contributed by atoms with E-state index in [1.54, 1.807) is 12.1 Å². The van der Waals surface area contributed by atoms with Crippen molar-refractivity contribution in [3.05, 3.63) is 59.4 Å². The van der Waals surface area contributed by atoms with E-state index in [0.717, 1.165) is 5.56 Å². The highest BCUT2D eigenvalue weighted by Gasteiger charge is 2.12. The molecule has 0 aliphatic rings. The molecule has 21 heavy (non-hydrogen) atoms. The topological polar surface area (TPSA) is 69.6 Å². The third-order valence-electron chi connectivity index (χ3n) is 3.07. The molecule has 0 saturated carbocycles. The second kappa shape index (κ2) is 6.26.